The van der Waals surface area contributed by atoms with Crippen LogP contribution < -0.4 is 11.1 Å². The second kappa shape index (κ2) is 7.41. The topological polar surface area (TPSA) is 102 Å². The molecule has 0 atom stereocenters. The molecule has 0 saturated heterocycles. The lowest BCUT2D eigenvalue weighted by atomic mass is 10.1. The molecule has 0 aliphatic carbocycles. The van der Waals surface area contributed by atoms with Gasteiger partial charge in [0.25, 0.3) is 5.91 Å². The highest BCUT2D eigenvalue weighted by molar-refractivity contribution is 5.94. The maximum atomic E-state index is 11.6. The lowest BCUT2D eigenvalue weighted by molar-refractivity contribution is -0.146. The summed E-state index contributed by atoms with van der Waals surface area (Å²) in [6.07, 6.45) is 0. The molecule has 98 valence electrons. The highest BCUT2D eigenvalue weighted by Gasteiger charge is 2.05. The molecular formula is C12H16N2O4. The van der Waals surface area contributed by atoms with Crippen molar-refractivity contribution in [2.75, 3.05) is 19.8 Å². The molecule has 1 amide bonds. The minimum Gasteiger partial charge on any atom is -0.462 e. The van der Waals surface area contributed by atoms with Crippen LogP contribution in [0.15, 0.2) is 24.3 Å². The number of nitrogens with two attached hydrogens (primary N) is 1. The molecule has 0 saturated carbocycles. The van der Waals surface area contributed by atoms with Crippen molar-refractivity contribution in [2.45, 2.75) is 6.54 Å². The zero-order valence-corrected chi connectivity index (χ0v) is 9.89. The van der Waals surface area contributed by atoms with Gasteiger partial charge in [-0.15, -0.1) is 0 Å². The van der Waals surface area contributed by atoms with Gasteiger partial charge < -0.3 is 20.9 Å². The Hall–Kier alpha value is -1.92. The van der Waals surface area contributed by atoms with Crippen molar-refractivity contribution in [3.8, 4) is 0 Å². The lowest BCUT2D eigenvalue weighted by Crippen LogP contribution is -2.28. The van der Waals surface area contributed by atoms with Crippen LogP contribution in [0.5, 0.6) is 0 Å². The first-order chi connectivity index (χ1) is 8.67. The van der Waals surface area contributed by atoms with Gasteiger partial charge in [0.2, 0.25) is 0 Å². The van der Waals surface area contributed by atoms with E-state index in [-0.39, 0.29) is 19.1 Å². The van der Waals surface area contributed by atoms with Gasteiger partial charge in [0.15, 0.2) is 0 Å². The van der Waals surface area contributed by atoms with Crippen LogP contribution in [0.25, 0.3) is 0 Å². The maximum absolute atomic E-state index is 11.6. The molecule has 0 spiro atoms. The highest BCUT2D eigenvalue weighted by Crippen LogP contribution is 2.03. The Morgan fingerprint density at radius 1 is 1.28 bits per heavy atom. The maximum Gasteiger partial charge on any atom is 0.331 e. The SMILES string of the molecule is NCc1ccc(C(=O)NCCOC(=O)CO)cc1. The molecule has 6 nitrogen and oxygen atoms in total. The Kier molecular flexibility index (Phi) is 5.83. The molecule has 1 aromatic rings. The molecule has 0 unspecified atom stereocenters. The summed E-state index contributed by atoms with van der Waals surface area (Å²) in [5.41, 5.74) is 6.91. The number of hydrogen-bond acceptors (Lipinski definition) is 5. The zero-order valence-electron chi connectivity index (χ0n) is 9.89. The molecule has 0 aliphatic heterocycles. The average molecular weight is 252 g/mol. The van der Waals surface area contributed by atoms with Crippen LogP contribution in [0.3, 0.4) is 0 Å². The predicted octanol–water partition coefficient (Wildman–Crippen LogP) is -0.589. The van der Waals surface area contributed by atoms with Gasteiger partial charge in [-0.3, -0.25) is 4.79 Å². The van der Waals surface area contributed by atoms with Crippen LogP contribution in [0.1, 0.15) is 15.9 Å². The predicted molar refractivity (Wildman–Crippen MR) is 64.7 cm³/mol. The van der Waals surface area contributed by atoms with Crippen LogP contribution in [-0.4, -0.2) is 36.7 Å². The van der Waals surface area contributed by atoms with Crippen molar-refractivity contribution in [1.82, 2.24) is 5.32 Å². The Morgan fingerprint density at radius 3 is 2.50 bits per heavy atom. The van der Waals surface area contributed by atoms with E-state index >= 15 is 0 Å². The summed E-state index contributed by atoms with van der Waals surface area (Å²) in [6.45, 7) is 0.00272. The quantitative estimate of drug-likeness (QED) is 0.464. The molecule has 0 bridgehead atoms. The summed E-state index contributed by atoms with van der Waals surface area (Å²) < 4.78 is 4.59. The first-order valence-electron chi connectivity index (χ1n) is 5.51. The number of nitrogens with one attached hydrogen (secondary N) is 1. The summed E-state index contributed by atoms with van der Waals surface area (Å²) in [5, 5.41) is 11.0. The first-order valence-corrected chi connectivity index (χ1v) is 5.51. The summed E-state index contributed by atoms with van der Waals surface area (Å²) in [4.78, 5) is 22.2. The number of carbonyl (C=O) groups excluding carboxylic acids is 2. The van der Waals surface area contributed by atoms with Gasteiger partial charge in [0.1, 0.15) is 13.2 Å². The van der Waals surface area contributed by atoms with Crippen molar-refractivity contribution in [3.05, 3.63) is 35.4 Å². The molecule has 0 fully saturated rings. The number of amides is 1. The molecule has 0 heterocycles. The molecule has 0 aliphatic rings. The number of aliphatic hydroxyl groups excluding tert-OH is 1. The van der Waals surface area contributed by atoms with Gasteiger partial charge in [-0.1, -0.05) is 12.1 Å². The van der Waals surface area contributed by atoms with Crippen LogP contribution in [0.2, 0.25) is 0 Å². The number of esters is 1. The molecule has 1 rings (SSSR count). The van der Waals surface area contributed by atoms with E-state index in [9.17, 15) is 9.59 Å². The van der Waals surface area contributed by atoms with Crippen molar-refractivity contribution in [3.63, 3.8) is 0 Å². The van der Waals surface area contributed by atoms with Gasteiger partial charge in [-0.2, -0.15) is 0 Å². The molecule has 18 heavy (non-hydrogen) atoms. The van der Waals surface area contributed by atoms with Crippen molar-refractivity contribution >= 4 is 11.9 Å². The van der Waals surface area contributed by atoms with E-state index in [0.717, 1.165) is 5.56 Å². The molecule has 1 aromatic carbocycles. The largest absolute Gasteiger partial charge is 0.462 e. The Bertz CT molecular complexity index is 403. The third-order valence-electron chi connectivity index (χ3n) is 2.23. The van der Waals surface area contributed by atoms with E-state index in [1.54, 1.807) is 24.3 Å². The lowest BCUT2D eigenvalue weighted by Gasteiger charge is -2.06. The van der Waals surface area contributed by atoms with Crippen molar-refractivity contribution < 1.29 is 19.4 Å². The molecule has 6 heteroatoms. The third-order valence-corrected chi connectivity index (χ3v) is 2.23. The number of hydrogen-bond donors (Lipinski definition) is 3. The van der Waals surface area contributed by atoms with E-state index < -0.39 is 12.6 Å². The molecular weight excluding hydrogens is 236 g/mol. The molecule has 0 radical (unpaired) electrons. The van der Waals surface area contributed by atoms with Crippen LogP contribution in [0.4, 0.5) is 0 Å². The van der Waals surface area contributed by atoms with Crippen molar-refractivity contribution in [1.29, 1.82) is 0 Å². The Labute approximate surface area is 105 Å². The second-order valence-corrected chi connectivity index (χ2v) is 3.54. The van der Waals surface area contributed by atoms with Crippen LogP contribution >= 0.6 is 0 Å². The summed E-state index contributed by atoms with van der Waals surface area (Å²) in [5.74, 6) is -0.963. The molecule has 0 aromatic heterocycles. The van der Waals surface area contributed by atoms with Crippen LogP contribution in [0, 0.1) is 0 Å². The van der Waals surface area contributed by atoms with E-state index in [0.29, 0.717) is 12.1 Å². The van der Waals surface area contributed by atoms with Gasteiger partial charge in [-0.25, -0.2) is 4.79 Å². The van der Waals surface area contributed by atoms with E-state index in [4.69, 9.17) is 10.8 Å². The summed E-state index contributed by atoms with van der Waals surface area (Å²) >= 11 is 0. The van der Waals surface area contributed by atoms with Crippen molar-refractivity contribution in [2.24, 2.45) is 5.73 Å². The molecule has 4 N–H and O–H groups in total. The summed E-state index contributed by atoms with van der Waals surface area (Å²) in [7, 11) is 0. The van der Waals surface area contributed by atoms with Gasteiger partial charge in [-0.05, 0) is 17.7 Å². The number of aliphatic hydroxyl groups is 1. The fourth-order valence-corrected chi connectivity index (χ4v) is 1.27. The zero-order chi connectivity index (χ0) is 13.4. The third kappa shape index (κ3) is 4.52. The minimum absolute atomic E-state index is 0.0337. The van der Waals surface area contributed by atoms with Gasteiger partial charge in [0.05, 0.1) is 6.54 Å². The first kappa shape index (κ1) is 14.1. The standard InChI is InChI=1S/C12H16N2O4/c13-7-9-1-3-10(4-2-9)12(17)14-5-6-18-11(16)8-15/h1-4,15H,5-8,13H2,(H,14,17). The number of carbonyl (C=O) groups is 2. The highest BCUT2D eigenvalue weighted by atomic mass is 16.5. The monoisotopic (exact) mass is 252 g/mol. The van der Waals surface area contributed by atoms with Crippen LogP contribution in [-0.2, 0) is 16.1 Å². The Balaban J connectivity index is 2.33. The van der Waals surface area contributed by atoms with E-state index in [1.807, 2.05) is 0 Å². The fraction of sp³-hybridized carbons (Fsp3) is 0.333. The minimum atomic E-state index is -0.712. The number of ether oxygens (including phenoxy) is 1. The van der Waals surface area contributed by atoms with Gasteiger partial charge in [0, 0.05) is 12.1 Å². The normalized spacial score (nSPS) is 9.89. The fourth-order valence-electron chi connectivity index (χ4n) is 1.27. The van der Waals surface area contributed by atoms with E-state index in [1.165, 1.54) is 0 Å². The van der Waals surface area contributed by atoms with E-state index in [2.05, 4.69) is 10.1 Å². The Morgan fingerprint density at radius 2 is 1.94 bits per heavy atom. The number of benzene rings is 1. The average Bonchev–Trinajstić information content (AvgIpc) is 2.43. The number of rotatable bonds is 6. The smallest absolute Gasteiger partial charge is 0.331 e. The summed E-state index contributed by atoms with van der Waals surface area (Å²) in [6, 6.07) is 6.91. The van der Waals surface area contributed by atoms with Gasteiger partial charge >= 0.3 is 5.97 Å². The second-order valence-electron chi connectivity index (χ2n) is 3.54.